The average Bonchev–Trinajstić information content (AvgIpc) is 2.41. The third-order valence-electron chi connectivity index (χ3n) is 3.47. The van der Waals surface area contributed by atoms with Gasteiger partial charge in [0.25, 0.3) is 0 Å². The van der Waals surface area contributed by atoms with E-state index in [1.54, 1.807) is 0 Å². The Morgan fingerprint density at radius 3 is 2.62 bits per heavy atom. The summed E-state index contributed by atoms with van der Waals surface area (Å²) in [6.07, 6.45) is 0.772. The number of nitrogens with one attached hydrogen (secondary N) is 1. The number of benzene rings is 1. The quantitative estimate of drug-likeness (QED) is 0.702. The van der Waals surface area contributed by atoms with Gasteiger partial charge in [0.2, 0.25) is 10.0 Å². The highest BCUT2D eigenvalue weighted by atomic mass is 32.2. The number of carboxylic acids is 1. The minimum atomic E-state index is -3.87. The number of aromatic carboxylic acids is 1. The Balaban J connectivity index is 2.21. The van der Waals surface area contributed by atoms with Gasteiger partial charge in [-0.15, -0.1) is 0 Å². The van der Waals surface area contributed by atoms with Gasteiger partial charge < -0.3 is 14.9 Å². The van der Waals surface area contributed by atoms with Crippen LogP contribution in [0.3, 0.4) is 0 Å². The van der Waals surface area contributed by atoms with Crippen LogP contribution in [0.2, 0.25) is 0 Å². The molecule has 7 nitrogen and oxygen atoms in total. The van der Waals surface area contributed by atoms with Crippen molar-refractivity contribution in [1.82, 2.24) is 4.72 Å². The SMILES string of the molecule is COc1ccc(C(=O)O)cc1S(=O)(=O)NCC1CC(O)C1. The Morgan fingerprint density at radius 2 is 2.10 bits per heavy atom. The van der Waals surface area contributed by atoms with Crippen LogP contribution in [0.4, 0.5) is 0 Å². The summed E-state index contributed by atoms with van der Waals surface area (Å²) in [4.78, 5) is 10.7. The molecule has 0 spiro atoms. The van der Waals surface area contributed by atoms with E-state index in [1.165, 1.54) is 19.2 Å². The van der Waals surface area contributed by atoms with Crippen molar-refractivity contribution in [2.45, 2.75) is 23.8 Å². The predicted molar refractivity (Wildman–Crippen MR) is 73.9 cm³/mol. The summed E-state index contributed by atoms with van der Waals surface area (Å²) in [5, 5.41) is 18.1. The molecule has 1 aliphatic rings. The molecule has 0 aromatic heterocycles. The first kappa shape index (κ1) is 15.7. The molecule has 2 rings (SSSR count). The molecule has 3 N–H and O–H groups in total. The van der Waals surface area contributed by atoms with E-state index in [0.29, 0.717) is 12.8 Å². The molecule has 21 heavy (non-hydrogen) atoms. The minimum Gasteiger partial charge on any atom is -0.495 e. The topological polar surface area (TPSA) is 113 Å². The summed E-state index contributed by atoms with van der Waals surface area (Å²) in [5.41, 5.74) is -0.129. The summed E-state index contributed by atoms with van der Waals surface area (Å²) in [6.45, 7) is 0.208. The Kier molecular flexibility index (Phi) is 4.50. The van der Waals surface area contributed by atoms with E-state index in [4.69, 9.17) is 9.84 Å². The fourth-order valence-corrected chi connectivity index (χ4v) is 3.50. The van der Waals surface area contributed by atoms with E-state index in [0.717, 1.165) is 6.07 Å². The lowest BCUT2D eigenvalue weighted by molar-refractivity contribution is 0.0453. The van der Waals surface area contributed by atoms with E-state index >= 15 is 0 Å². The smallest absolute Gasteiger partial charge is 0.335 e. The maximum Gasteiger partial charge on any atom is 0.335 e. The molecule has 0 heterocycles. The zero-order valence-electron chi connectivity index (χ0n) is 11.4. The second-order valence-corrected chi connectivity index (χ2v) is 6.75. The molecule has 0 bridgehead atoms. The molecular formula is C13H17NO6S. The first-order chi connectivity index (χ1) is 9.83. The van der Waals surface area contributed by atoms with Gasteiger partial charge in [-0.25, -0.2) is 17.9 Å². The van der Waals surface area contributed by atoms with Crippen molar-refractivity contribution in [3.05, 3.63) is 23.8 Å². The molecule has 116 valence electrons. The molecule has 1 saturated carbocycles. The number of carbonyl (C=O) groups is 1. The number of methoxy groups -OCH3 is 1. The predicted octanol–water partition coefficient (Wildman–Crippen LogP) is 0.443. The van der Waals surface area contributed by atoms with Crippen molar-refractivity contribution < 1.29 is 28.2 Å². The van der Waals surface area contributed by atoms with Crippen molar-refractivity contribution >= 4 is 16.0 Å². The van der Waals surface area contributed by atoms with Crippen molar-refractivity contribution in [3.63, 3.8) is 0 Å². The van der Waals surface area contributed by atoms with Crippen molar-refractivity contribution in [1.29, 1.82) is 0 Å². The fourth-order valence-electron chi connectivity index (χ4n) is 2.19. The van der Waals surface area contributed by atoms with Gasteiger partial charge in [-0.2, -0.15) is 0 Å². The van der Waals surface area contributed by atoms with Crippen LogP contribution >= 0.6 is 0 Å². The summed E-state index contributed by atoms with van der Waals surface area (Å²) < 4.78 is 31.9. The minimum absolute atomic E-state index is 0.0844. The van der Waals surface area contributed by atoms with E-state index in [-0.39, 0.29) is 34.8 Å². The molecule has 1 aliphatic carbocycles. The lowest BCUT2D eigenvalue weighted by atomic mass is 9.83. The van der Waals surface area contributed by atoms with Gasteiger partial charge in [0.05, 0.1) is 18.8 Å². The second-order valence-electron chi connectivity index (χ2n) is 5.01. The van der Waals surface area contributed by atoms with Crippen molar-refractivity contribution in [3.8, 4) is 5.75 Å². The first-order valence-corrected chi connectivity index (χ1v) is 7.91. The van der Waals surface area contributed by atoms with E-state index in [1.807, 2.05) is 0 Å². The van der Waals surface area contributed by atoms with Gasteiger partial charge in [-0.1, -0.05) is 0 Å². The molecule has 0 atom stereocenters. The lowest BCUT2D eigenvalue weighted by Gasteiger charge is -2.31. The number of hydrogen-bond donors (Lipinski definition) is 3. The normalized spacial score (nSPS) is 21.6. The fraction of sp³-hybridized carbons (Fsp3) is 0.462. The van der Waals surface area contributed by atoms with Gasteiger partial charge in [0, 0.05) is 6.54 Å². The molecule has 8 heteroatoms. The monoisotopic (exact) mass is 315 g/mol. The molecule has 1 aromatic carbocycles. The molecule has 0 radical (unpaired) electrons. The number of carboxylic acid groups (broad SMARTS) is 1. The van der Waals surface area contributed by atoms with Crippen LogP contribution in [0.5, 0.6) is 5.75 Å². The van der Waals surface area contributed by atoms with Crippen LogP contribution in [0, 0.1) is 5.92 Å². The largest absolute Gasteiger partial charge is 0.495 e. The van der Waals surface area contributed by atoms with Gasteiger partial charge >= 0.3 is 5.97 Å². The van der Waals surface area contributed by atoms with Crippen LogP contribution in [0.15, 0.2) is 23.1 Å². The molecule has 0 saturated heterocycles. The first-order valence-electron chi connectivity index (χ1n) is 6.42. The van der Waals surface area contributed by atoms with Crippen molar-refractivity contribution in [2.24, 2.45) is 5.92 Å². The molecule has 0 aliphatic heterocycles. The number of sulfonamides is 1. The van der Waals surface area contributed by atoms with Crippen LogP contribution < -0.4 is 9.46 Å². The molecular weight excluding hydrogens is 298 g/mol. The number of aliphatic hydroxyl groups excluding tert-OH is 1. The highest BCUT2D eigenvalue weighted by Gasteiger charge is 2.29. The molecule has 1 fully saturated rings. The summed E-state index contributed by atoms with van der Waals surface area (Å²) in [6, 6.07) is 3.66. The van der Waals surface area contributed by atoms with Crippen LogP contribution in [-0.2, 0) is 10.0 Å². The van der Waals surface area contributed by atoms with E-state index in [2.05, 4.69) is 4.72 Å². The highest BCUT2D eigenvalue weighted by Crippen LogP contribution is 2.28. The highest BCUT2D eigenvalue weighted by molar-refractivity contribution is 7.89. The van der Waals surface area contributed by atoms with Crippen molar-refractivity contribution in [2.75, 3.05) is 13.7 Å². The Labute approximate surface area is 122 Å². The van der Waals surface area contributed by atoms with Crippen LogP contribution in [-0.4, -0.2) is 44.4 Å². The zero-order valence-corrected chi connectivity index (χ0v) is 12.3. The van der Waals surface area contributed by atoms with Gasteiger partial charge in [0.1, 0.15) is 10.6 Å². The van der Waals surface area contributed by atoms with Gasteiger partial charge in [-0.3, -0.25) is 0 Å². The Bertz CT molecular complexity index is 636. The van der Waals surface area contributed by atoms with E-state index < -0.39 is 16.0 Å². The summed E-state index contributed by atoms with van der Waals surface area (Å²) in [5.74, 6) is -1.03. The van der Waals surface area contributed by atoms with E-state index in [9.17, 15) is 18.3 Å². The van der Waals surface area contributed by atoms with Gasteiger partial charge in [0.15, 0.2) is 0 Å². The summed E-state index contributed by atoms with van der Waals surface area (Å²) in [7, 11) is -2.55. The van der Waals surface area contributed by atoms with Crippen LogP contribution in [0.1, 0.15) is 23.2 Å². The maximum atomic E-state index is 12.3. The number of aliphatic hydroxyl groups is 1. The van der Waals surface area contributed by atoms with Crippen LogP contribution in [0.25, 0.3) is 0 Å². The van der Waals surface area contributed by atoms with Gasteiger partial charge in [-0.05, 0) is 37.0 Å². The Morgan fingerprint density at radius 1 is 1.43 bits per heavy atom. The third kappa shape index (κ3) is 3.52. The standard InChI is InChI=1S/C13H17NO6S/c1-20-11-3-2-9(13(16)17)6-12(11)21(18,19)14-7-8-4-10(15)5-8/h2-3,6,8,10,14-15H,4-5,7H2,1H3,(H,16,17). The number of ether oxygens (including phenoxy) is 1. The molecule has 1 aromatic rings. The second kappa shape index (κ2) is 6.00. The average molecular weight is 315 g/mol. The Hall–Kier alpha value is -1.64. The summed E-state index contributed by atoms with van der Waals surface area (Å²) >= 11 is 0. The molecule has 0 unspecified atom stereocenters. The lowest BCUT2D eigenvalue weighted by Crippen LogP contribution is -2.38. The number of hydrogen-bond acceptors (Lipinski definition) is 5. The molecule has 0 amide bonds. The zero-order chi connectivity index (χ0) is 15.6. The third-order valence-corrected chi connectivity index (χ3v) is 4.92. The maximum absolute atomic E-state index is 12.3. The number of rotatable bonds is 6.